The van der Waals surface area contributed by atoms with Crippen molar-refractivity contribution < 1.29 is 14.3 Å². The van der Waals surface area contributed by atoms with Crippen molar-refractivity contribution >= 4 is 11.8 Å². The second-order valence-electron chi connectivity index (χ2n) is 6.75. The van der Waals surface area contributed by atoms with Gasteiger partial charge in [0.05, 0.1) is 6.54 Å². The van der Waals surface area contributed by atoms with Crippen LogP contribution in [0.2, 0.25) is 0 Å². The van der Waals surface area contributed by atoms with Crippen LogP contribution in [0.25, 0.3) is 0 Å². The maximum Gasteiger partial charge on any atom is 0.245 e. The van der Waals surface area contributed by atoms with E-state index < -0.39 is 6.04 Å². The van der Waals surface area contributed by atoms with E-state index in [1.165, 1.54) is 0 Å². The van der Waals surface area contributed by atoms with E-state index in [1.807, 2.05) is 54.6 Å². The van der Waals surface area contributed by atoms with E-state index in [0.29, 0.717) is 19.7 Å². The van der Waals surface area contributed by atoms with Crippen LogP contribution in [-0.2, 0) is 22.6 Å². The van der Waals surface area contributed by atoms with E-state index in [1.54, 1.807) is 16.7 Å². The average molecular weight is 366 g/mol. The Bertz CT molecular complexity index is 791. The van der Waals surface area contributed by atoms with Crippen LogP contribution >= 0.6 is 0 Å². The third-order valence-corrected chi connectivity index (χ3v) is 4.94. The number of para-hydroxylation sites is 1. The monoisotopic (exact) mass is 366 g/mol. The van der Waals surface area contributed by atoms with Crippen molar-refractivity contribution in [1.29, 1.82) is 0 Å². The van der Waals surface area contributed by atoms with Crippen molar-refractivity contribution in [3.05, 3.63) is 65.7 Å². The second-order valence-corrected chi connectivity index (χ2v) is 6.75. The van der Waals surface area contributed by atoms with Crippen molar-refractivity contribution in [3.63, 3.8) is 0 Å². The third kappa shape index (κ3) is 4.48. The number of rotatable bonds is 7. The molecule has 1 saturated heterocycles. The number of carbonyl (C=O) groups is 2. The van der Waals surface area contributed by atoms with E-state index in [0.717, 1.165) is 23.3 Å². The summed E-state index contributed by atoms with van der Waals surface area (Å²) in [5, 5.41) is 0. The molecule has 5 heteroatoms. The first kappa shape index (κ1) is 19.0. The highest BCUT2D eigenvalue weighted by Gasteiger charge is 2.36. The molecule has 1 aliphatic heterocycles. The lowest BCUT2D eigenvalue weighted by molar-refractivity contribution is -0.155. The molecule has 3 rings (SSSR count). The summed E-state index contributed by atoms with van der Waals surface area (Å²) in [6.45, 7) is 5.23. The first-order valence-corrected chi connectivity index (χ1v) is 9.43. The number of hydrogen-bond donors (Lipinski definition) is 0. The second kappa shape index (κ2) is 8.71. The largest absolute Gasteiger partial charge is 0.491 e. The Hall–Kier alpha value is -2.82. The zero-order valence-corrected chi connectivity index (χ0v) is 15.9. The molecule has 2 aromatic carbocycles. The van der Waals surface area contributed by atoms with Crippen LogP contribution in [0.15, 0.2) is 54.6 Å². The number of amides is 2. The van der Waals surface area contributed by atoms with Gasteiger partial charge in [-0.25, -0.2) is 0 Å². The molecule has 27 heavy (non-hydrogen) atoms. The Morgan fingerprint density at radius 1 is 1.04 bits per heavy atom. The van der Waals surface area contributed by atoms with Gasteiger partial charge in [-0.3, -0.25) is 9.59 Å². The number of carbonyl (C=O) groups excluding carboxylic acids is 2. The summed E-state index contributed by atoms with van der Waals surface area (Å²) < 4.78 is 5.87. The van der Waals surface area contributed by atoms with E-state index in [-0.39, 0.29) is 18.4 Å². The molecule has 0 aliphatic carbocycles. The van der Waals surface area contributed by atoms with Crippen LogP contribution in [0, 0.1) is 0 Å². The molecule has 0 aromatic heterocycles. The quantitative estimate of drug-likeness (QED) is 0.757. The molecule has 1 aliphatic rings. The van der Waals surface area contributed by atoms with Gasteiger partial charge in [0.25, 0.3) is 0 Å². The van der Waals surface area contributed by atoms with Gasteiger partial charge in [-0.2, -0.15) is 0 Å². The number of hydrogen-bond acceptors (Lipinski definition) is 3. The average Bonchev–Trinajstić information content (AvgIpc) is 2.69. The molecular weight excluding hydrogens is 340 g/mol. The fourth-order valence-corrected chi connectivity index (χ4v) is 3.39. The molecule has 1 fully saturated rings. The number of ether oxygens (including phenoxy) is 1. The van der Waals surface area contributed by atoms with E-state index in [4.69, 9.17) is 4.74 Å². The molecule has 142 valence electrons. The van der Waals surface area contributed by atoms with Gasteiger partial charge >= 0.3 is 0 Å². The molecule has 0 bridgehead atoms. The zero-order valence-electron chi connectivity index (χ0n) is 15.9. The van der Waals surface area contributed by atoms with Crippen LogP contribution < -0.4 is 4.74 Å². The van der Waals surface area contributed by atoms with Crippen LogP contribution in [0.5, 0.6) is 5.75 Å². The van der Waals surface area contributed by atoms with Gasteiger partial charge in [-0.1, -0.05) is 55.5 Å². The summed E-state index contributed by atoms with van der Waals surface area (Å²) in [7, 11) is 0. The molecule has 0 N–H and O–H groups in total. The fraction of sp³-hybridized carbons (Fsp3) is 0.364. The predicted molar refractivity (Wildman–Crippen MR) is 104 cm³/mol. The Labute approximate surface area is 160 Å². The first-order valence-electron chi connectivity index (χ1n) is 9.43. The molecule has 2 aromatic rings. The number of aryl methyl sites for hydroxylation is 1. The van der Waals surface area contributed by atoms with Crippen molar-refractivity contribution in [1.82, 2.24) is 9.80 Å². The van der Waals surface area contributed by atoms with Crippen molar-refractivity contribution in [3.8, 4) is 5.75 Å². The Morgan fingerprint density at radius 3 is 2.48 bits per heavy atom. The summed E-state index contributed by atoms with van der Waals surface area (Å²) in [6.07, 6.45) is 0.891. The summed E-state index contributed by atoms with van der Waals surface area (Å²) in [5.74, 6) is 0.784. The summed E-state index contributed by atoms with van der Waals surface area (Å²) in [4.78, 5) is 28.6. The highest BCUT2D eigenvalue weighted by atomic mass is 16.5. The van der Waals surface area contributed by atoms with Gasteiger partial charge in [0.2, 0.25) is 11.8 Å². The topological polar surface area (TPSA) is 49.9 Å². The molecule has 2 amide bonds. The Balaban J connectivity index is 1.58. The van der Waals surface area contributed by atoms with Crippen molar-refractivity contribution in [2.75, 3.05) is 19.7 Å². The van der Waals surface area contributed by atoms with Crippen LogP contribution in [0.4, 0.5) is 0 Å². The van der Waals surface area contributed by atoms with Gasteiger partial charge in [-0.15, -0.1) is 0 Å². The molecule has 1 atom stereocenters. The molecule has 0 unspecified atom stereocenters. The molecule has 5 nitrogen and oxygen atoms in total. The molecule has 0 radical (unpaired) electrons. The minimum absolute atomic E-state index is 0.0209. The highest BCUT2D eigenvalue weighted by Crippen LogP contribution is 2.19. The molecule has 0 spiro atoms. The van der Waals surface area contributed by atoms with Crippen LogP contribution in [-0.4, -0.2) is 47.4 Å². The minimum atomic E-state index is -0.472. The summed E-state index contributed by atoms with van der Waals surface area (Å²) >= 11 is 0. The zero-order chi connectivity index (χ0) is 19.2. The van der Waals surface area contributed by atoms with Gasteiger partial charge < -0.3 is 14.5 Å². The first-order chi connectivity index (χ1) is 13.1. The van der Waals surface area contributed by atoms with Crippen molar-refractivity contribution in [2.45, 2.75) is 32.9 Å². The van der Waals surface area contributed by atoms with E-state index in [9.17, 15) is 9.59 Å². The highest BCUT2D eigenvalue weighted by molar-refractivity contribution is 5.94. The summed E-state index contributed by atoms with van der Waals surface area (Å²) in [6, 6.07) is 17.2. The predicted octanol–water partition coefficient (Wildman–Crippen LogP) is 2.89. The Kier molecular flexibility index (Phi) is 6.12. The lowest BCUT2D eigenvalue weighted by Crippen LogP contribution is -2.59. The normalized spacial score (nSPS) is 17.3. The minimum Gasteiger partial charge on any atom is -0.491 e. The summed E-state index contributed by atoms with van der Waals surface area (Å²) in [5.41, 5.74) is 2.17. The Morgan fingerprint density at radius 2 is 1.74 bits per heavy atom. The smallest absolute Gasteiger partial charge is 0.245 e. The number of benzene rings is 2. The van der Waals surface area contributed by atoms with Crippen molar-refractivity contribution in [2.24, 2.45) is 0 Å². The fourth-order valence-electron chi connectivity index (χ4n) is 3.39. The van der Waals surface area contributed by atoms with E-state index in [2.05, 4.69) is 6.92 Å². The van der Waals surface area contributed by atoms with E-state index >= 15 is 0 Å². The number of nitrogens with zero attached hydrogens (tertiary/aromatic N) is 2. The SMILES string of the molecule is CCc1ccccc1OCCN1C(=O)CN(Cc2ccccc2)C(=O)[C@H]1C. The van der Waals surface area contributed by atoms with Crippen LogP contribution in [0.1, 0.15) is 25.0 Å². The maximum atomic E-state index is 12.7. The lowest BCUT2D eigenvalue weighted by Gasteiger charge is -2.38. The number of piperazine rings is 1. The molecular formula is C22H26N2O3. The van der Waals surface area contributed by atoms with Gasteiger partial charge in [-0.05, 0) is 30.5 Å². The molecule has 0 saturated carbocycles. The standard InChI is InChI=1S/C22H26N2O3/c1-3-19-11-7-8-12-20(19)27-14-13-24-17(2)22(26)23(16-21(24)25)15-18-9-5-4-6-10-18/h4-12,17H,3,13-16H2,1-2H3/t17-/m1/s1. The van der Waals surface area contributed by atoms with Gasteiger partial charge in [0, 0.05) is 6.54 Å². The molecule has 1 heterocycles. The van der Waals surface area contributed by atoms with Crippen LogP contribution in [0.3, 0.4) is 0 Å². The maximum absolute atomic E-state index is 12.7. The third-order valence-electron chi connectivity index (χ3n) is 4.94. The lowest BCUT2D eigenvalue weighted by atomic mass is 10.1. The van der Waals surface area contributed by atoms with Gasteiger partial charge in [0.1, 0.15) is 24.9 Å². The van der Waals surface area contributed by atoms with Gasteiger partial charge in [0.15, 0.2) is 0 Å².